The molecule has 0 aliphatic carbocycles. The molecule has 166 valence electrons. The first-order valence-corrected chi connectivity index (χ1v) is 11.9. The molecule has 0 aliphatic heterocycles. The molecule has 5 nitrogen and oxygen atoms in total. The van der Waals surface area contributed by atoms with Crippen molar-refractivity contribution in [3.05, 3.63) is 40.3 Å². The van der Waals surface area contributed by atoms with E-state index in [0.29, 0.717) is 17.6 Å². The minimum absolute atomic E-state index is 0.127. The fraction of sp³-hybridized carbons (Fsp3) is 0.640. The molecule has 2 aromatic heterocycles. The van der Waals surface area contributed by atoms with E-state index in [0.717, 1.165) is 18.2 Å². The third-order valence-corrected chi connectivity index (χ3v) is 5.69. The van der Waals surface area contributed by atoms with Gasteiger partial charge in [-0.2, -0.15) is 4.68 Å². The zero-order valence-electron chi connectivity index (χ0n) is 18.9. The molecule has 30 heavy (non-hydrogen) atoms. The number of amides is 1. The highest BCUT2D eigenvalue weighted by molar-refractivity contribution is 5.86. The van der Waals surface area contributed by atoms with Crippen molar-refractivity contribution in [2.45, 2.75) is 104 Å². The Morgan fingerprint density at radius 3 is 2.10 bits per heavy atom. The van der Waals surface area contributed by atoms with Gasteiger partial charge >= 0.3 is 0 Å². The maximum Gasteiger partial charge on any atom is 0.274 e. The summed E-state index contributed by atoms with van der Waals surface area (Å²) in [4.78, 5) is 29.0. The van der Waals surface area contributed by atoms with Gasteiger partial charge in [-0.15, -0.1) is 0 Å². The highest BCUT2D eigenvalue weighted by Gasteiger charge is 2.10. The molecular formula is C25H39N3O2. The SMILES string of the molecule is CCCCCCCCCCCCCCCC(=O)Nn1c(=O)c(C)cc2cccnc21. The molecule has 0 aliphatic rings. The Balaban J connectivity index is 1.58. The Labute approximate surface area is 181 Å². The second-order valence-corrected chi connectivity index (χ2v) is 8.41. The van der Waals surface area contributed by atoms with E-state index in [9.17, 15) is 9.59 Å². The van der Waals surface area contributed by atoms with Crippen LogP contribution in [0.15, 0.2) is 29.2 Å². The van der Waals surface area contributed by atoms with Gasteiger partial charge in [-0.05, 0) is 31.5 Å². The van der Waals surface area contributed by atoms with Crippen LogP contribution in [0.25, 0.3) is 11.0 Å². The quantitative estimate of drug-likeness (QED) is 0.351. The summed E-state index contributed by atoms with van der Waals surface area (Å²) in [6.45, 7) is 4.01. The lowest BCUT2D eigenvalue weighted by atomic mass is 10.0. The molecule has 0 saturated carbocycles. The standard InChI is InChI=1S/C25H39N3O2/c1-3-4-5-6-7-8-9-10-11-12-13-14-15-18-23(29)27-28-24-22(17-16-19-26-24)20-21(2)25(28)30/h16-17,19-20H,3-15,18H2,1-2H3,(H,27,29). The summed E-state index contributed by atoms with van der Waals surface area (Å²) in [7, 11) is 0. The van der Waals surface area contributed by atoms with E-state index in [1.807, 2.05) is 12.1 Å². The maximum absolute atomic E-state index is 12.4. The van der Waals surface area contributed by atoms with Crippen LogP contribution in [0.1, 0.15) is 102 Å². The van der Waals surface area contributed by atoms with Crippen LogP contribution in [-0.4, -0.2) is 15.6 Å². The van der Waals surface area contributed by atoms with Gasteiger partial charge in [0.15, 0.2) is 5.65 Å². The van der Waals surface area contributed by atoms with Crippen molar-refractivity contribution in [1.82, 2.24) is 9.66 Å². The highest BCUT2D eigenvalue weighted by Crippen LogP contribution is 2.13. The third kappa shape index (κ3) is 8.29. The topological polar surface area (TPSA) is 64.0 Å². The Hall–Kier alpha value is -2.17. The van der Waals surface area contributed by atoms with E-state index in [1.54, 1.807) is 19.2 Å². The van der Waals surface area contributed by atoms with Gasteiger partial charge in [-0.3, -0.25) is 15.0 Å². The number of hydrogen-bond donors (Lipinski definition) is 1. The molecule has 0 spiro atoms. The van der Waals surface area contributed by atoms with E-state index >= 15 is 0 Å². The van der Waals surface area contributed by atoms with E-state index < -0.39 is 0 Å². The number of fused-ring (bicyclic) bond motifs is 1. The number of rotatable bonds is 15. The Bertz CT molecular complexity index is 829. The van der Waals surface area contributed by atoms with Gasteiger partial charge < -0.3 is 0 Å². The van der Waals surface area contributed by atoms with Crippen molar-refractivity contribution < 1.29 is 4.79 Å². The molecule has 0 unspecified atom stereocenters. The second kappa shape index (κ2) is 13.9. The number of carbonyl (C=O) groups is 1. The Kier molecular flexibility index (Phi) is 11.2. The lowest BCUT2D eigenvalue weighted by molar-refractivity contribution is -0.117. The maximum atomic E-state index is 12.4. The van der Waals surface area contributed by atoms with Crippen molar-refractivity contribution in [2.24, 2.45) is 0 Å². The van der Waals surface area contributed by atoms with Gasteiger partial charge in [-0.1, -0.05) is 84.0 Å². The third-order valence-electron chi connectivity index (χ3n) is 5.69. The van der Waals surface area contributed by atoms with Crippen LogP contribution in [0, 0.1) is 6.92 Å². The predicted octanol–water partition coefficient (Wildman–Crippen LogP) is 6.26. The first-order valence-electron chi connectivity index (χ1n) is 11.9. The van der Waals surface area contributed by atoms with Crippen molar-refractivity contribution in [3.63, 3.8) is 0 Å². The fourth-order valence-corrected chi connectivity index (χ4v) is 3.86. The number of unbranched alkanes of at least 4 members (excludes halogenated alkanes) is 12. The summed E-state index contributed by atoms with van der Waals surface area (Å²) < 4.78 is 1.29. The molecule has 5 heteroatoms. The van der Waals surface area contributed by atoms with Crippen LogP contribution in [0.3, 0.4) is 0 Å². The normalized spacial score (nSPS) is 11.1. The molecule has 1 N–H and O–H groups in total. The largest absolute Gasteiger partial charge is 0.274 e. The lowest BCUT2D eigenvalue weighted by Gasteiger charge is -2.12. The minimum atomic E-state index is -0.222. The van der Waals surface area contributed by atoms with Gasteiger partial charge in [0.25, 0.3) is 5.56 Å². The van der Waals surface area contributed by atoms with Crippen LogP contribution in [0.4, 0.5) is 0 Å². The number of hydrogen-bond acceptors (Lipinski definition) is 3. The summed E-state index contributed by atoms with van der Waals surface area (Å²) in [5.74, 6) is -0.127. The molecule has 2 rings (SSSR count). The summed E-state index contributed by atoms with van der Waals surface area (Å²) in [5.41, 5.74) is 3.60. The van der Waals surface area contributed by atoms with Gasteiger partial charge in [0.1, 0.15) is 0 Å². The van der Waals surface area contributed by atoms with E-state index in [2.05, 4.69) is 17.3 Å². The first-order chi connectivity index (χ1) is 14.6. The second-order valence-electron chi connectivity index (χ2n) is 8.41. The minimum Gasteiger partial charge on any atom is -0.273 e. The van der Waals surface area contributed by atoms with Gasteiger partial charge in [-0.25, -0.2) is 4.98 Å². The molecule has 0 atom stereocenters. The molecule has 0 saturated heterocycles. The number of aromatic nitrogens is 2. The zero-order chi connectivity index (χ0) is 21.6. The van der Waals surface area contributed by atoms with E-state index in [-0.39, 0.29) is 11.5 Å². The molecule has 0 bridgehead atoms. The fourth-order valence-electron chi connectivity index (χ4n) is 3.86. The van der Waals surface area contributed by atoms with E-state index in [1.165, 1.54) is 75.3 Å². The predicted molar refractivity (Wildman–Crippen MR) is 125 cm³/mol. The average molecular weight is 414 g/mol. The number of pyridine rings is 2. The van der Waals surface area contributed by atoms with Crippen LogP contribution < -0.4 is 11.0 Å². The van der Waals surface area contributed by atoms with Crippen molar-refractivity contribution in [2.75, 3.05) is 5.43 Å². The van der Waals surface area contributed by atoms with Gasteiger partial charge in [0.2, 0.25) is 5.91 Å². The van der Waals surface area contributed by atoms with Crippen molar-refractivity contribution in [1.29, 1.82) is 0 Å². The Morgan fingerprint density at radius 2 is 1.50 bits per heavy atom. The molecule has 2 heterocycles. The van der Waals surface area contributed by atoms with Crippen molar-refractivity contribution in [3.8, 4) is 0 Å². The monoisotopic (exact) mass is 413 g/mol. The number of carbonyl (C=O) groups excluding carboxylic acids is 1. The number of aryl methyl sites for hydroxylation is 1. The molecule has 0 aromatic carbocycles. The molecule has 1 amide bonds. The summed E-state index contributed by atoms with van der Waals surface area (Å²) in [5, 5.41) is 0.843. The number of nitrogens with one attached hydrogen (secondary N) is 1. The van der Waals surface area contributed by atoms with Gasteiger partial charge in [0.05, 0.1) is 0 Å². The molecule has 0 fully saturated rings. The molecular weight excluding hydrogens is 374 g/mol. The molecule has 0 radical (unpaired) electrons. The van der Waals surface area contributed by atoms with Crippen LogP contribution in [-0.2, 0) is 4.79 Å². The zero-order valence-corrected chi connectivity index (χ0v) is 18.9. The first kappa shape index (κ1) is 24.1. The van der Waals surface area contributed by atoms with Gasteiger partial charge in [0, 0.05) is 23.6 Å². The number of nitrogens with zero attached hydrogens (tertiary/aromatic N) is 2. The van der Waals surface area contributed by atoms with Crippen LogP contribution >= 0.6 is 0 Å². The Morgan fingerprint density at radius 1 is 0.933 bits per heavy atom. The molecule has 2 aromatic rings. The smallest absolute Gasteiger partial charge is 0.273 e. The van der Waals surface area contributed by atoms with Crippen LogP contribution in [0.2, 0.25) is 0 Å². The lowest BCUT2D eigenvalue weighted by Crippen LogP contribution is -2.34. The average Bonchev–Trinajstić information content (AvgIpc) is 2.74. The van der Waals surface area contributed by atoms with E-state index in [4.69, 9.17) is 0 Å². The summed E-state index contributed by atoms with van der Waals surface area (Å²) >= 11 is 0. The summed E-state index contributed by atoms with van der Waals surface area (Å²) in [6.07, 6.45) is 18.7. The summed E-state index contributed by atoms with van der Waals surface area (Å²) in [6, 6.07) is 5.52. The van der Waals surface area contributed by atoms with Crippen molar-refractivity contribution >= 4 is 16.9 Å². The van der Waals surface area contributed by atoms with Crippen LogP contribution in [0.5, 0.6) is 0 Å². The highest BCUT2D eigenvalue weighted by atomic mass is 16.2.